The minimum atomic E-state index is -0.489. The standard InChI is InChI=1S/C19H21N3O2/c1-22-17(21-19(18(22)23)9-11-24-12-10-19)16-8-7-15(13-20-16)14-5-3-2-4-6-14/h2-8,13,17,21H,9-12H2,1H3. The van der Waals surface area contributed by atoms with E-state index in [0.29, 0.717) is 13.2 Å². The number of nitrogens with one attached hydrogen (secondary N) is 1. The zero-order valence-electron chi connectivity index (χ0n) is 13.7. The number of carbonyl (C=O) groups excluding carboxylic acids is 1. The minimum absolute atomic E-state index is 0.143. The van der Waals surface area contributed by atoms with Crippen LogP contribution in [-0.2, 0) is 9.53 Å². The van der Waals surface area contributed by atoms with E-state index in [0.717, 1.165) is 29.7 Å². The average molecular weight is 323 g/mol. The van der Waals surface area contributed by atoms with Crippen LogP contribution in [0.25, 0.3) is 11.1 Å². The first-order valence-electron chi connectivity index (χ1n) is 8.34. The van der Waals surface area contributed by atoms with Crippen molar-refractivity contribution in [3.05, 3.63) is 54.4 Å². The van der Waals surface area contributed by atoms with Crippen molar-refractivity contribution in [1.29, 1.82) is 0 Å². The summed E-state index contributed by atoms with van der Waals surface area (Å²) < 4.78 is 5.42. The average Bonchev–Trinajstić information content (AvgIpc) is 2.89. The Labute approximate surface area is 141 Å². The topological polar surface area (TPSA) is 54.5 Å². The van der Waals surface area contributed by atoms with Crippen LogP contribution in [-0.4, -0.2) is 41.6 Å². The summed E-state index contributed by atoms with van der Waals surface area (Å²) in [5.41, 5.74) is 2.60. The molecule has 2 aliphatic rings. The zero-order chi connectivity index (χ0) is 16.6. The monoisotopic (exact) mass is 323 g/mol. The molecule has 4 rings (SSSR count). The Kier molecular flexibility index (Phi) is 3.82. The van der Waals surface area contributed by atoms with E-state index in [9.17, 15) is 4.79 Å². The second-order valence-electron chi connectivity index (χ2n) is 6.50. The van der Waals surface area contributed by atoms with Crippen molar-refractivity contribution in [3.8, 4) is 11.1 Å². The van der Waals surface area contributed by atoms with Gasteiger partial charge in [0.2, 0.25) is 5.91 Å². The van der Waals surface area contributed by atoms with Crippen molar-refractivity contribution in [2.75, 3.05) is 20.3 Å². The summed E-state index contributed by atoms with van der Waals surface area (Å²) in [6.45, 7) is 1.25. The lowest BCUT2D eigenvalue weighted by atomic mass is 9.90. The molecule has 2 aliphatic heterocycles. The number of nitrogens with zero attached hydrogens (tertiary/aromatic N) is 2. The number of carbonyl (C=O) groups is 1. The SMILES string of the molecule is CN1C(=O)C2(CCOCC2)NC1c1ccc(-c2ccccc2)cn1. The van der Waals surface area contributed by atoms with Gasteiger partial charge in [-0.25, -0.2) is 0 Å². The van der Waals surface area contributed by atoms with E-state index in [1.165, 1.54) is 0 Å². The number of ether oxygens (including phenoxy) is 1. The van der Waals surface area contributed by atoms with E-state index in [1.54, 1.807) is 4.90 Å². The molecule has 5 nitrogen and oxygen atoms in total. The smallest absolute Gasteiger partial charge is 0.244 e. The van der Waals surface area contributed by atoms with Crippen LogP contribution >= 0.6 is 0 Å². The van der Waals surface area contributed by atoms with Gasteiger partial charge in [0.1, 0.15) is 11.7 Å². The summed E-state index contributed by atoms with van der Waals surface area (Å²) >= 11 is 0. The Morgan fingerprint density at radius 3 is 2.54 bits per heavy atom. The van der Waals surface area contributed by atoms with Gasteiger partial charge in [-0.1, -0.05) is 36.4 Å². The number of aromatic nitrogens is 1. The van der Waals surface area contributed by atoms with Crippen molar-refractivity contribution in [3.63, 3.8) is 0 Å². The molecule has 2 aromatic rings. The molecule has 1 atom stereocenters. The van der Waals surface area contributed by atoms with E-state index < -0.39 is 5.54 Å². The molecule has 1 unspecified atom stereocenters. The molecule has 24 heavy (non-hydrogen) atoms. The van der Waals surface area contributed by atoms with Crippen LogP contribution in [0.1, 0.15) is 24.7 Å². The molecular weight excluding hydrogens is 302 g/mol. The molecule has 2 saturated heterocycles. The van der Waals surface area contributed by atoms with Crippen molar-refractivity contribution >= 4 is 5.91 Å². The van der Waals surface area contributed by atoms with E-state index >= 15 is 0 Å². The van der Waals surface area contributed by atoms with Crippen LogP contribution in [0.2, 0.25) is 0 Å². The van der Waals surface area contributed by atoms with Crippen LogP contribution in [0.4, 0.5) is 0 Å². The fourth-order valence-corrected chi connectivity index (χ4v) is 3.59. The molecule has 0 bridgehead atoms. The molecule has 1 aromatic carbocycles. The number of pyridine rings is 1. The predicted octanol–water partition coefficient (Wildman–Crippen LogP) is 2.36. The third-order valence-electron chi connectivity index (χ3n) is 5.05. The van der Waals surface area contributed by atoms with E-state index in [1.807, 2.05) is 37.5 Å². The summed E-state index contributed by atoms with van der Waals surface area (Å²) in [5.74, 6) is 0.143. The Hall–Kier alpha value is -2.24. The van der Waals surface area contributed by atoms with Gasteiger partial charge in [0, 0.05) is 32.0 Å². The highest BCUT2D eigenvalue weighted by Gasteiger charge is 2.51. The van der Waals surface area contributed by atoms with Crippen LogP contribution in [0, 0.1) is 0 Å². The normalized spacial score (nSPS) is 23.0. The van der Waals surface area contributed by atoms with E-state index in [4.69, 9.17) is 4.74 Å². The lowest BCUT2D eigenvalue weighted by molar-refractivity contribution is -0.135. The predicted molar refractivity (Wildman–Crippen MR) is 91.1 cm³/mol. The molecule has 1 spiro atoms. The van der Waals surface area contributed by atoms with Crippen LogP contribution < -0.4 is 5.32 Å². The number of hydrogen-bond donors (Lipinski definition) is 1. The molecule has 0 saturated carbocycles. The van der Waals surface area contributed by atoms with Gasteiger partial charge in [0.25, 0.3) is 0 Å². The first kappa shape index (κ1) is 15.3. The van der Waals surface area contributed by atoms with Crippen molar-refractivity contribution in [2.24, 2.45) is 0 Å². The largest absolute Gasteiger partial charge is 0.381 e. The highest BCUT2D eigenvalue weighted by atomic mass is 16.5. The Bertz CT molecular complexity index is 724. The molecular formula is C19H21N3O2. The third kappa shape index (κ3) is 2.50. The lowest BCUT2D eigenvalue weighted by Gasteiger charge is -2.31. The van der Waals surface area contributed by atoms with Crippen LogP contribution in [0.15, 0.2) is 48.7 Å². The van der Waals surface area contributed by atoms with Gasteiger partial charge in [-0.2, -0.15) is 0 Å². The summed E-state index contributed by atoms with van der Waals surface area (Å²) in [7, 11) is 1.84. The quantitative estimate of drug-likeness (QED) is 0.922. The number of hydrogen-bond acceptors (Lipinski definition) is 4. The fourth-order valence-electron chi connectivity index (χ4n) is 3.59. The summed E-state index contributed by atoms with van der Waals surface area (Å²) in [5, 5.41) is 3.52. The second-order valence-corrected chi connectivity index (χ2v) is 6.50. The molecule has 1 aromatic heterocycles. The van der Waals surface area contributed by atoms with Gasteiger partial charge in [0.15, 0.2) is 0 Å². The Balaban J connectivity index is 1.59. The van der Waals surface area contributed by atoms with Crippen molar-refractivity contribution < 1.29 is 9.53 Å². The van der Waals surface area contributed by atoms with E-state index in [-0.39, 0.29) is 12.1 Å². The van der Waals surface area contributed by atoms with E-state index in [2.05, 4.69) is 28.5 Å². The number of likely N-dealkylation sites (N-methyl/N-ethyl adjacent to an activating group) is 1. The Morgan fingerprint density at radius 1 is 1.12 bits per heavy atom. The maximum absolute atomic E-state index is 12.7. The molecule has 3 heterocycles. The second kappa shape index (κ2) is 6.00. The Morgan fingerprint density at radius 2 is 1.88 bits per heavy atom. The third-order valence-corrected chi connectivity index (χ3v) is 5.05. The molecule has 1 N–H and O–H groups in total. The van der Waals surface area contributed by atoms with Gasteiger partial charge >= 0.3 is 0 Å². The summed E-state index contributed by atoms with van der Waals surface area (Å²) in [4.78, 5) is 19.1. The van der Waals surface area contributed by atoms with Gasteiger partial charge in [-0.3, -0.25) is 15.1 Å². The number of amides is 1. The van der Waals surface area contributed by atoms with Gasteiger partial charge in [-0.05, 0) is 24.5 Å². The first-order valence-corrected chi connectivity index (χ1v) is 8.34. The molecule has 5 heteroatoms. The lowest BCUT2D eigenvalue weighted by Crippen LogP contribution is -2.50. The molecule has 1 amide bonds. The van der Waals surface area contributed by atoms with Crippen molar-refractivity contribution in [1.82, 2.24) is 15.2 Å². The maximum atomic E-state index is 12.7. The van der Waals surface area contributed by atoms with Gasteiger partial charge in [0.05, 0.1) is 5.69 Å². The number of benzene rings is 1. The van der Waals surface area contributed by atoms with Gasteiger partial charge in [-0.15, -0.1) is 0 Å². The summed E-state index contributed by atoms with van der Waals surface area (Å²) in [6, 6.07) is 14.2. The highest BCUT2D eigenvalue weighted by Crippen LogP contribution is 2.35. The minimum Gasteiger partial charge on any atom is -0.381 e. The molecule has 124 valence electrons. The maximum Gasteiger partial charge on any atom is 0.244 e. The molecule has 0 aliphatic carbocycles. The summed E-state index contributed by atoms with van der Waals surface area (Å²) in [6.07, 6.45) is 3.13. The zero-order valence-corrected chi connectivity index (χ0v) is 13.7. The molecule has 0 radical (unpaired) electrons. The number of rotatable bonds is 2. The molecule has 2 fully saturated rings. The van der Waals surface area contributed by atoms with Gasteiger partial charge < -0.3 is 9.64 Å². The van der Waals surface area contributed by atoms with Crippen LogP contribution in [0.3, 0.4) is 0 Å². The van der Waals surface area contributed by atoms with Crippen molar-refractivity contribution in [2.45, 2.75) is 24.5 Å². The first-order chi connectivity index (χ1) is 11.7. The fraction of sp³-hybridized carbons (Fsp3) is 0.368. The van der Waals surface area contributed by atoms with Crippen LogP contribution in [0.5, 0.6) is 0 Å². The highest BCUT2D eigenvalue weighted by molar-refractivity contribution is 5.89.